The summed E-state index contributed by atoms with van der Waals surface area (Å²) in [6, 6.07) is 8.39. The van der Waals surface area contributed by atoms with Gasteiger partial charge in [0.25, 0.3) is 0 Å². The molecule has 1 aromatic heterocycles. The number of aromatic carboxylic acids is 1. The van der Waals surface area contributed by atoms with E-state index in [4.69, 9.17) is 14.6 Å². The SMILES string of the molecule is CNc1cc(C(=O)O)nc(COc2ccc(OC)cc2)n1. The average molecular weight is 289 g/mol. The van der Waals surface area contributed by atoms with Gasteiger partial charge in [-0.3, -0.25) is 0 Å². The van der Waals surface area contributed by atoms with E-state index in [2.05, 4.69) is 15.3 Å². The molecule has 7 heteroatoms. The molecular weight excluding hydrogens is 274 g/mol. The van der Waals surface area contributed by atoms with E-state index in [1.165, 1.54) is 6.07 Å². The molecule has 0 aliphatic heterocycles. The largest absolute Gasteiger partial charge is 0.497 e. The van der Waals surface area contributed by atoms with Gasteiger partial charge >= 0.3 is 5.97 Å². The number of benzene rings is 1. The molecule has 110 valence electrons. The molecule has 0 atom stereocenters. The molecule has 0 saturated heterocycles. The zero-order chi connectivity index (χ0) is 15.2. The standard InChI is InChI=1S/C14H15N3O4/c1-15-12-7-11(14(18)19)16-13(17-12)8-21-10-5-3-9(20-2)4-6-10/h3-7H,8H2,1-2H3,(H,18,19)(H,15,16,17). The van der Waals surface area contributed by atoms with E-state index < -0.39 is 5.97 Å². The van der Waals surface area contributed by atoms with Crippen LogP contribution in [0.2, 0.25) is 0 Å². The number of hydrogen-bond donors (Lipinski definition) is 2. The summed E-state index contributed by atoms with van der Waals surface area (Å²) < 4.78 is 10.6. The van der Waals surface area contributed by atoms with Crippen LogP contribution in [-0.4, -0.2) is 35.2 Å². The Labute approximate surface area is 121 Å². The van der Waals surface area contributed by atoms with E-state index in [1.54, 1.807) is 38.4 Å². The number of nitrogens with one attached hydrogen (secondary N) is 1. The summed E-state index contributed by atoms with van der Waals surface area (Å²) in [7, 11) is 3.24. The average Bonchev–Trinajstić information content (AvgIpc) is 2.53. The third-order valence-electron chi connectivity index (χ3n) is 2.68. The van der Waals surface area contributed by atoms with Gasteiger partial charge in [-0.15, -0.1) is 0 Å². The van der Waals surface area contributed by atoms with E-state index in [1.807, 2.05) is 0 Å². The van der Waals surface area contributed by atoms with Crippen molar-refractivity contribution in [1.82, 2.24) is 9.97 Å². The first kappa shape index (κ1) is 14.6. The molecule has 21 heavy (non-hydrogen) atoms. The summed E-state index contributed by atoms with van der Waals surface area (Å²) in [6.45, 7) is 0.0716. The first-order valence-electron chi connectivity index (χ1n) is 6.18. The molecule has 2 aromatic rings. The lowest BCUT2D eigenvalue weighted by Crippen LogP contribution is -2.10. The Morgan fingerprint density at radius 1 is 1.24 bits per heavy atom. The van der Waals surface area contributed by atoms with Gasteiger partial charge in [-0.25, -0.2) is 14.8 Å². The van der Waals surface area contributed by atoms with Gasteiger partial charge in [-0.2, -0.15) is 0 Å². The molecule has 0 aliphatic rings. The maximum absolute atomic E-state index is 11.0. The van der Waals surface area contributed by atoms with E-state index in [0.29, 0.717) is 11.6 Å². The molecule has 0 unspecified atom stereocenters. The van der Waals surface area contributed by atoms with Crippen molar-refractivity contribution in [3.8, 4) is 11.5 Å². The summed E-state index contributed by atoms with van der Waals surface area (Å²) in [5, 5.41) is 11.8. The second-order valence-corrected chi connectivity index (χ2v) is 4.07. The van der Waals surface area contributed by atoms with Crippen LogP contribution in [0, 0.1) is 0 Å². The van der Waals surface area contributed by atoms with Crippen molar-refractivity contribution in [2.45, 2.75) is 6.61 Å². The van der Waals surface area contributed by atoms with Crippen molar-refractivity contribution >= 4 is 11.8 Å². The number of rotatable bonds is 6. The summed E-state index contributed by atoms with van der Waals surface area (Å²) in [4.78, 5) is 19.1. The van der Waals surface area contributed by atoms with Gasteiger partial charge < -0.3 is 19.9 Å². The van der Waals surface area contributed by atoms with Crippen molar-refractivity contribution in [3.63, 3.8) is 0 Å². The van der Waals surface area contributed by atoms with Crippen LogP contribution < -0.4 is 14.8 Å². The molecule has 2 rings (SSSR count). The molecule has 0 spiro atoms. The lowest BCUT2D eigenvalue weighted by molar-refractivity contribution is 0.0689. The number of carboxylic acid groups (broad SMARTS) is 1. The lowest BCUT2D eigenvalue weighted by atomic mass is 10.3. The van der Waals surface area contributed by atoms with Crippen LogP contribution in [0.3, 0.4) is 0 Å². The molecule has 0 bridgehead atoms. The van der Waals surface area contributed by atoms with Crippen molar-refractivity contribution in [1.29, 1.82) is 0 Å². The maximum atomic E-state index is 11.0. The molecule has 7 nitrogen and oxygen atoms in total. The highest BCUT2D eigenvalue weighted by molar-refractivity contribution is 5.86. The molecular formula is C14H15N3O4. The van der Waals surface area contributed by atoms with Crippen LogP contribution in [-0.2, 0) is 6.61 Å². The van der Waals surface area contributed by atoms with Crippen LogP contribution in [0.15, 0.2) is 30.3 Å². The Bertz CT molecular complexity index is 629. The minimum atomic E-state index is -1.11. The highest BCUT2D eigenvalue weighted by Crippen LogP contribution is 2.18. The number of hydrogen-bond acceptors (Lipinski definition) is 6. The first-order valence-corrected chi connectivity index (χ1v) is 6.18. The fraction of sp³-hybridized carbons (Fsp3) is 0.214. The highest BCUT2D eigenvalue weighted by atomic mass is 16.5. The number of anilines is 1. The van der Waals surface area contributed by atoms with Crippen molar-refractivity contribution in [2.24, 2.45) is 0 Å². The van der Waals surface area contributed by atoms with Gasteiger partial charge in [0.15, 0.2) is 11.5 Å². The first-order chi connectivity index (χ1) is 10.1. The van der Waals surface area contributed by atoms with E-state index in [9.17, 15) is 4.79 Å². The van der Waals surface area contributed by atoms with Crippen LogP contribution in [0.1, 0.15) is 16.3 Å². The maximum Gasteiger partial charge on any atom is 0.354 e. The molecule has 0 amide bonds. The van der Waals surface area contributed by atoms with Gasteiger partial charge in [0.05, 0.1) is 7.11 Å². The number of aromatic nitrogens is 2. The van der Waals surface area contributed by atoms with Crippen LogP contribution >= 0.6 is 0 Å². The summed E-state index contributed by atoms with van der Waals surface area (Å²) in [5.41, 5.74) is -0.0809. The highest BCUT2D eigenvalue weighted by Gasteiger charge is 2.10. The number of methoxy groups -OCH3 is 1. The topological polar surface area (TPSA) is 93.6 Å². The zero-order valence-corrected chi connectivity index (χ0v) is 11.7. The van der Waals surface area contributed by atoms with Crippen molar-refractivity contribution < 1.29 is 19.4 Å². The number of carbonyl (C=O) groups is 1. The second-order valence-electron chi connectivity index (χ2n) is 4.07. The third kappa shape index (κ3) is 3.82. The zero-order valence-electron chi connectivity index (χ0n) is 11.7. The van der Waals surface area contributed by atoms with Crippen molar-refractivity contribution in [2.75, 3.05) is 19.5 Å². The summed E-state index contributed by atoms with van der Waals surface area (Å²) in [6.07, 6.45) is 0. The second kappa shape index (κ2) is 6.56. The minimum absolute atomic E-state index is 0.0716. The fourth-order valence-electron chi connectivity index (χ4n) is 1.62. The molecule has 0 radical (unpaired) electrons. The fourth-order valence-corrected chi connectivity index (χ4v) is 1.62. The predicted molar refractivity (Wildman–Crippen MR) is 75.9 cm³/mol. The molecule has 0 aliphatic carbocycles. The van der Waals surface area contributed by atoms with Gasteiger partial charge in [-0.1, -0.05) is 0 Å². The number of nitrogens with zero attached hydrogens (tertiary/aromatic N) is 2. The Kier molecular flexibility index (Phi) is 4.55. The van der Waals surface area contributed by atoms with Crippen molar-refractivity contribution in [3.05, 3.63) is 41.9 Å². The van der Waals surface area contributed by atoms with Gasteiger partial charge in [0.2, 0.25) is 0 Å². The minimum Gasteiger partial charge on any atom is -0.497 e. The Morgan fingerprint density at radius 2 is 1.90 bits per heavy atom. The molecule has 0 fully saturated rings. The molecule has 2 N–H and O–H groups in total. The predicted octanol–water partition coefficient (Wildman–Crippen LogP) is 1.80. The lowest BCUT2D eigenvalue weighted by Gasteiger charge is -2.08. The summed E-state index contributed by atoms with van der Waals surface area (Å²) >= 11 is 0. The summed E-state index contributed by atoms with van der Waals surface area (Å²) in [5.74, 6) is 0.945. The quantitative estimate of drug-likeness (QED) is 0.837. The molecule has 1 heterocycles. The van der Waals surface area contributed by atoms with Crippen LogP contribution in [0.25, 0.3) is 0 Å². The van der Waals surface area contributed by atoms with Gasteiger partial charge in [0, 0.05) is 13.1 Å². The Hall–Kier alpha value is -2.83. The third-order valence-corrected chi connectivity index (χ3v) is 2.68. The van der Waals surface area contributed by atoms with Crippen LogP contribution in [0.4, 0.5) is 5.82 Å². The number of ether oxygens (including phenoxy) is 2. The van der Waals surface area contributed by atoms with Gasteiger partial charge in [-0.05, 0) is 24.3 Å². The monoisotopic (exact) mass is 289 g/mol. The molecule has 1 aromatic carbocycles. The van der Waals surface area contributed by atoms with E-state index in [-0.39, 0.29) is 18.1 Å². The Balaban J connectivity index is 2.11. The van der Waals surface area contributed by atoms with E-state index in [0.717, 1.165) is 5.75 Å². The van der Waals surface area contributed by atoms with Gasteiger partial charge in [0.1, 0.15) is 23.9 Å². The number of carboxylic acids is 1. The normalized spacial score (nSPS) is 10.0. The smallest absolute Gasteiger partial charge is 0.354 e. The molecule has 0 saturated carbocycles. The van der Waals surface area contributed by atoms with E-state index >= 15 is 0 Å². The van der Waals surface area contributed by atoms with Crippen LogP contribution in [0.5, 0.6) is 11.5 Å². The Morgan fingerprint density at radius 3 is 2.48 bits per heavy atom.